The second-order valence-corrected chi connectivity index (χ2v) is 8.62. The van der Waals surface area contributed by atoms with Crippen LogP contribution in [0.3, 0.4) is 0 Å². The molecule has 3 aromatic carbocycles. The molecule has 0 fully saturated rings. The van der Waals surface area contributed by atoms with Crippen molar-refractivity contribution in [3.8, 4) is 17.6 Å². The summed E-state index contributed by atoms with van der Waals surface area (Å²) in [7, 11) is 0. The Labute approximate surface area is 205 Å². The number of hydrogen-bond donors (Lipinski definition) is 1. The third-order valence-electron chi connectivity index (χ3n) is 4.95. The van der Waals surface area contributed by atoms with E-state index in [0.29, 0.717) is 29.5 Å². The number of aryl methyl sites for hydroxylation is 1. The molecule has 0 atom stereocenters. The first-order chi connectivity index (χ1) is 16.0. The van der Waals surface area contributed by atoms with Gasteiger partial charge in [0.15, 0.2) is 11.5 Å². The van der Waals surface area contributed by atoms with Crippen LogP contribution in [0.4, 0.5) is 4.39 Å². The number of H-pyrrole nitrogens is 1. The van der Waals surface area contributed by atoms with Crippen molar-refractivity contribution in [2.45, 2.75) is 20.5 Å². The number of nitriles is 1. The van der Waals surface area contributed by atoms with Gasteiger partial charge in [0.05, 0.1) is 26.8 Å². The van der Waals surface area contributed by atoms with E-state index in [1.54, 1.807) is 18.2 Å². The van der Waals surface area contributed by atoms with Crippen molar-refractivity contribution in [2.24, 2.45) is 0 Å². The molecule has 0 radical (unpaired) electrons. The Morgan fingerprint density at radius 1 is 1.15 bits per heavy atom. The fourth-order valence-corrected chi connectivity index (χ4v) is 4.16. The van der Waals surface area contributed by atoms with Crippen LogP contribution in [0, 0.1) is 27.6 Å². The Hall–Kier alpha value is -3.38. The van der Waals surface area contributed by atoms with Crippen LogP contribution in [0.15, 0.2) is 54.6 Å². The summed E-state index contributed by atoms with van der Waals surface area (Å²) in [6, 6.07) is 18.1. The van der Waals surface area contributed by atoms with Crippen LogP contribution < -0.4 is 9.47 Å². The molecule has 4 rings (SSSR count). The van der Waals surface area contributed by atoms with Crippen LogP contribution in [-0.2, 0) is 6.61 Å². The van der Waals surface area contributed by atoms with Gasteiger partial charge in [0.1, 0.15) is 24.3 Å². The SMILES string of the molecule is CCOc1cc(/C=C(/C#N)c2nc3ccc(C)cc3[nH]2)cc(I)c1OCc1ccc(F)cc1. The number of rotatable bonds is 7. The maximum atomic E-state index is 13.2. The molecule has 0 aliphatic rings. The zero-order valence-corrected chi connectivity index (χ0v) is 20.3. The van der Waals surface area contributed by atoms with Gasteiger partial charge in [0, 0.05) is 0 Å². The maximum absolute atomic E-state index is 13.2. The first-order valence-electron chi connectivity index (χ1n) is 10.4. The quantitative estimate of drug-likeness (QED) is 0.205. The van der Waals surface area contributed by atoms with Crippen LogP contribution in [-0.4, -0.2) is 16.6 Å². The van der Waals surface area contributed by atoms with E-state index in [9.17, 15) is 9.65 Å². The van der Waals surface area contributed by atoms with Gasteiger partial charge in [-0.1, -0.05) is 18.2 Å². The number of nitrogens with one attached hydrogen (secondary N) is 1. The molecule has 1 heterocycles. The number of benzene rings is 3. The molecule has 0 saturated heterocycles. The van der Waals surface area contributed by atoms with Crippen molar-refractivity contribution in [1.82, 2.24) is 9.97 Å². The number of ether oxygens (including phenoxy) is 2. The minimum absolute atomic E-state index is 0.285. The average molecular weight is 553 g/mol. The lowest BCUT2D eigenvalue weighted by Crippen LogP contribution is -2.02. The van der Waals surface area contributed by atoms with Gasteiger partial charge in [0.2, 0.25) is 0 Å². The van der Waals surface area contributed by atoms with Crippen LogP contribution >= 0.6 is 22.6 Å². The highest BCUT2D eigenvalue weighted by Crippen LogP contribution is 2.36. The highest BCUT2D eigenvalue weighted by Gasteiger charge is 2.14. The van der Waals surface area contributed by atoms with Crippen molar-refractivity contribution in [3.63, 3.8) is 0 Å². The van der Waals surface area contributed by atoms with Crippen molar-refractivity contribution in [3.05, 3.63) is 86.5 Å². The fourth-order valence-electron chi connectivity index (χ4n) is 3.38. The molecule has 0 aliphatic heterocycles. The molecule has 1 N–H and O–H groups in total. The number of allylic oxidation sites excluding steroid dienone is 1. The molecule has 0 unspecified atom stereocenters. The second kappa shape index (κ2) is 10.0. The smallest absolute Gasteiger partial charge is 0.175 e. The van der Waals surface area contributed by atoms with E-state index in [1.165, 1.54) is 12.1 Å². The Morgan fingerprint density at radius 2 is 1.94 bits per heavy atom. The predicted octanol–water partition coefficient (Wildman–Crippen LogP) is 6.66. The van der Waals surface area contributed by atoms with Gasteiger partial charge in [-0.15, -0.1) is 0 Å². The molecule has 0 aliphatic carbocycles. The molecule has 166 valence electrons. The molecule has 7 heteroatoms. The lowest BCUT2D eigenvalue weighted by molar-refractivity contribution is 0.267. The van der Waals surface area contributed by atoms with Gasteiger partial charge >= 0.3 is 0 Å². The van der Waals surface area contributed by atoms with Gasteiger partial charge in [-0.2, -0.15) is 5.26 Å². The molecule has 33 heavy (non-hydrogen) atoms. The first kappa shape index (κ1) is 22.8. The standard InChI is InChI=1S/C26H21FIN3O2/c1-3-32-24-13-18(12-21(28)25(24)33-15-17-5-7-20(27)8-6-17)11-19(14-29)26-30-22-9-4-16(2)10-23(22)31-26/h4-13H,3,15H2,1-2H3,(H,30,31)/b19-11-. The minimum atomic E-state index is -0.285. The van der Waals surface area contributed by atoms with Gasteiger partial charge in [-0.25, -0.2) is 9.37 Å². The minimum Gasteiger partial charge on any atom is -0.490 e. The average Bonchev–Trinajstić information content (AvgIpc) is 3.21. The third kappa shape index (κ3) is 5.34. The molecule has 5 nitrogen and oxygen atoms in total. The van der Waals surface area contributed by atoms with E-state index >= 15 is 0 Å². The molecule has 0 spiro atoms. The zero-order chi connectivity index (χ0) is 23.4. The monoisotopic (exact) mass is 553 g/mol. The van der Waals surface area contributed by atoms with Gasteiger partial charge in [-0.3, -0.25) is 0 Å². The molecule has 1 aromatic heterocycles. The van der Waals surface area contributed by atoms with Gasteiger partial charge in [0.25, 0.3) is 0 Å². The summed E-state index contributed by atoms with van der Waals surface area (Å²) in [6.07, 6.45) is 1.78. The molecule has 0 bridgehead atoms. The van der Waals surface area contributed by atoms with Crippen LogP contribution in [0.25, 0.3) is 22.7 Å². The van der Waals surface area contributed by atoms with E-state index in [-0.39, 0.29) is 12.4 Å². The number of imidazole rings is 1. The summed E-state index contributed by atoms with van der Waals surface area (Å²) in [6.45, 7) is 4.66. The van der Waals surface area contributed by atoms with E-state index in [4.69, 9.17) is 9.47 Å². The third-order valence-corrected chi connectivity index (χ3v) is 5.75. The number of hydrogen-bond acceptors (Lipinski definition) is 4. The van der Waals surface area contributed by atoms with E-state index in [1.807, 2.05) is 44.2 Å². The summed E-state index contributed by atoms with van der Waals surface area (Å²) >= 11 is 2.19. The summed E-state index contributed by atoms with van der Waals surface area (Å²) < 4.78 is 25.8. The molecular formula is C26H21FIN3O2. The number of halogens is 2. The Morgan fingerprint density at radius 3 is 2.67 bits per heavy atom. The molecule has 0 saturated carbocycles. The number of aromatic amines is 1. The molecular weight excluding hydrogens is 532 g/mol. The normalized spacial score (nSPS) is 11.4. The largest absolute Gasteiger partial charge is 0.490 e. The first-order valence-corrected chi connectivity index (χ1v) is 11.5. The number of nitrogens with zero attached hydrogens (tertiary/aromatic N) is 2. The van der Waals surface area contributed by atoms with Crippen LogP contribution in [0.5, 0.6) is 11.5 Å². The summed E-state index contributed by atoms with van der Waals surface area (Å²) in [5, 5.41) is 9.78. The van der Waals surface area contributed by atoms with E-state index < -0.39 is 0 Å². The fraction of sp³-hybridized carbons (Fsp3) is 0.154. The number of fused-ring (bicyclic) bond motifs is 1. The van der Waals surface area contributed by atoms with Crippen LogP contribution in [0.1, 0.15) is 29.4 Å². The maximum Gasteiger partial charge on any atom is 0.175 e. The topological polar surface area (TPSA) is 70.9 Å². The lowest BCUT2D eigenvalue weighted by atomic mass is 10.1. The Balaban J connectivity index is 1.65. The second-order valence-electron chi connectivity index (χ2n) is 7.45. The highest BCUT2D eigenvalue weighted by atomic mass is 127. The Kier molecular flexibility index (Phi) is 6.94. The predicted molar refractivity (Wildman–Crippen MR) is 135 cm³/mol. The van der Waals surface area contributed by atoms with Crippen LogP contribution in [0.2, 0.25) is 0 Å². The van der Waals surface area contributed by atoms with E-state index in [0.717, 1.165) is 31.3 Å². The number of aromatic nitrogens is 2. The summed E-state index contributed by atoms with van der Waals surface area (Å²) in [5.74, 6) is 1.42. The van der Waals surface area contributed by atoms with Crippen molar-refractivity contribution < 1.29 is 13.9 Å². The lowest BCUT2D eigenvalue weighted by Gasteiger charge is -2.15. The van der Waals surface area contributed by atoms with Crippen molar-refractivity contribution in [2.75, 3.05) is 6.61 Å². The highest BCUT2D eigenvalue weighted by molar-refractivity contribution is 14.1. The van der Waals surface area contributed by atoms with E-state index in [2.05, 4.69) is 38.6 Å². The molecule has 4 aromatic rings. The van der Waals surface area contributed by atoms with Gasteiger partial charge < -0.3 is 14.5 Å². The zero-order valence-electron chi connectivity index (χ0n) is 18.2. The summed E-state index contributed by atoms with van der Waals surface area (Å²) in [5.41, 5.74) is 4.89. The van der Waals surface area contributed by atoms with Crippen molar-refractivity contribution >= 4 is 45.3 Å². The van der Waals surface area contributed by atoms with Crippen molar-refractivity contribution in [1.29, 1.82) is 5.26 Å². The van der Waals surface area contributed by atoms with Gasteiger partial charge in [-0.05, 0) is 95.6 Å². The molecule has 0 amide bonds. The summed E-state index contributed by atoms with van der Waals surface area (Å²) in [4.78, 5) is 7.79. The Bertz CT molecular complexity index is 1370.